The van der Waals surface area contributed by atoms with Crippen LogP contribution >= 0.6 is 0 Å². The first-order valence-corrected chi connectivity index (χ1v) is 3.52. The largest absolute Gasteiger partial charge is 0.545 e. The summed E-state index contributed by atoms with van der Waals surface area (Å²) in [5, 5.41) is 0. The lowest BCUT2D eigenvalue weighted by Crippen LogP contribution is -2.03. The van der Waals surface area contributed by atoms with Gasteiger partial charge < -0.3 is 10.5 Å². The highest BCUT2D eigenvalue weighted by molar-refractivity contribution is 5.59. The maximum atomic E-state index is 11.2. The van der Waals surface area contributed by atoms with Gasteiger partial charge in [0.2, 0.25) is 0 Å². The number of halogens is 1. The van der Waals surface area contributed by atoms with Gasteiger partial charge in [0.05, 0.1) is 0 Å². The number of carbonyl (C=O) groups is 1. The van der Waals surface area contributed by atoms with Gasteiger partial charge in [-0.3, -0.25) is 0 Å². The van der Waals surface area contributed by atoms with Crippen LogP contribution < -0.4 is 5.73 Å². The molecule has 0 bridgehead atoms. The Morgan fingerprint density at radius 2 is 2.15 bits per heavy atom. The van der Waals surface area contributed by atoms with Gasteiger partial charge in [-0.1, -0.05) is 18.2 Å². The predicted octanol–water partition coefficient (Wildman–Crippen LogP) is 1.81. The summed E-state index contributed by atoms with van der Waals surface area (Å²) < 4.78 is 15.5. The van der Waals surface area contributed by atoms with Crippen molar-refractivity contribution in [1.82, 2.24) is 0 Å². The van der Waals surface area contributed by atoms with Crippen LogP contribution in [0, 0.1) is 0 Å². The van der Waals surface area contributed by atoms with Crippen molar-refractivity contribution < 1.29 is 19.0 Å². The van der Waals surface area contributed by atoms with Crippen LogP contribution in [0.15, 0.2) is 24.3 Å². The van der Waals surface area contributed by atoms with Crippen molar-refractivity contribution in [3.8, 4) is 0 Å². The minimum atomic E-state index is -1.37. The summed E-state index contributed by atoms with van der Waals surface area (Å²) in [5.41, 5.74) is 6.61. The molecule has 70 valence electrons. The molecule has 0 aliphatic heterocycles. The van der Waals surface area contributed by atoms with E-state index in [1.165, 1.54) is 0 Å². The van der Waals surface area contributed by atoms with Gasteiger partial charge in [-0.25, -0.2) is 9.74 Å². The first-order valence-electron chi connectivity index (χ1n) is 3.52. The molecule has 0 aliphatic rings. The summed E-state index contributed by atoms with van der Waals surface area (Å²) in [6, 6.07) is 6.79. The van der Waals surface area contributed by atoms with E-state index in [0.29, 0.717) is 11.3 Å². The summed E-state index contributed by atoms with van der Waals surface area (Å²) in [6.45, 7) is -0.102. The molecule has 0 radical (unpaired) electrons. The number of nitrogen functional groups attached to an aromatic ring is 1. The highest BCUT2D eigenvalue weighted by atomic mass is 19.3. The number of anilines is 1. The maximum Gasteiger partial charge on any atom is 0.545 e. The van der Waals surface area contributed by atoms with E-state index in [1.807, 2.05) is 0 Å². The highest BCUT2D eigenvalue weighted by Gasteiger charge is 2.05. The van der Waals surface area contributed by atoms with E-state index in [9.17, 15) is 9.32 Å². The number of nitrogens with two attached hydrogens (primary N) is 1. The number of para-hydroxylation sites is 1. The van der Waals surface area contributed by atoms with E-state index in [2.05, 4.69) is 9.68 Å². The first-order chi connectivity index (χ1) is 6.24. The summed E-state index contributed by atoms with van der Waals surface area (Å²) >= 11 is 0. The molecule has 0 unspecified atom stereocenters. The lowest BCUT2D eigenvalue weighted by molar-refractivity contribution is -0.102. The second-order valence-corrected chi connectivity index (χ2v) is 2.31. The molecule has 0 atom stereocenters. The molecule has 0 amide bonds. The molecule has 1 aromatic carbocycles. The first kappa shape index (κ1) is 9.31. The van der Waals surface area contributed by atoms with Gasteiger partial charge in [-0.05, 0) is 6.07 Å². The van der Waals surface area contributed by atoms with Crippen molar-refractivity contribution in [2.75, 3.05) is 5.73 Å². The van der Waals surface area contributed by atoms with Crippen LogP contribution in [0.5, 0.6) is 0 Å². The number of rotatable bonds is 2. The van der Waals surface area contributed by atoms with Crippen LogP contribution in [-0.2, 0) is 16.3 Å². The molecule has 1 aromatic rings. The van der Waals surface area contributed by atoms with E-state index in [-0.39, 0.29) is 6.61 Å². The molecule has 0 fully saturated rings. The van der Waals surface area contributed by atoms with Crippen molar-refractivity contribution in [1.29, 1.82) is 0 Å². The van der Waals surface area contributed by atoms with Crippen molar-refractivity contribution >= 4 is 11.8 Å². The Hall–Kier alpha value is -1.78. The lowest BCUT2D eigenvalue weighted by Gasteiger charge is -2.03. The van der Waals surface area contributed by atoms with E-state index >= 15 is 0 Å². The third-order valence-corrected chi connectivity index (χ3v) is 1.46. The lowest BCUT2D eigenvalue weighted by atomic mass is 10.2. The van der Waals surface area contributed by atoms with Crippen LogP contribution in [0.2, 0.25) is 0 Å². The van der Waals surface area contributed by atoms with Gasteiger partial charge >= 0.3 is 6.16 Å². The second kappa shape index (κ2) is 4.30. The molecule has 5 heteroatoms. The monoisotopic (exact) mass is 185 g/mol. The summed E-state index contributed by atoms with van der Waals surface area (Å²) in [7, 11) is 0. The average molecular weight is 185 g/mol. The number of hydrogen-bond acceptors (Lipinski definition) is 4. The van der Waals surface area contributed by atoms with Gasteiger partial charge in [0.15, 0.2) is 0 Å². The minimum Gasteiger partial charge on any atom is -0.427 e. The molecule has 13 heavy (non-hydrogen) atoms. The molecule has 4 nitrogen and oxygen atoms in total. The summed E-state index contributed by atoms with van der Waals surface area (Å²) in [5.74, 6) is 0. The fraction of sp³-hybridized carbons (Fsp3) is 0.125. The molecule has 1 rings (SSSR count). The molecular formula is C8H8FNO3. The topological polar surface area (TPSA) is 61.5 Å². The number of carbonyl (C=O) groups excluding carboxylic acids is 1. The molecule has 0 saturated carbocycles. The van der Waals surface area contributed by atoms with Gasteiger partial charge in [0.25, 0.3) is 0 Å². The van der Waals surface area contributed by atoms with E-state index < -0.39 is 6.16 Å². The fourth-order valence-corrected chi connectivity index (χ4v) is 0.825. The van der Waals surface area contributed by atoms with Gasteiger partial charge in [-0.15, -0.1) is 0 Å². The molecule has 0 heterocycles. The van der Waals surface area contributed by atoms with Gasteiger partial charge in [0.1, 0.15) is 6.61 Å². The molecule has 0 aromatic heterocycles. The minimum absolute atomic E-state index is 0.102. The van der Waals surface area contributed by atoms with E-state index in [4.69, 9.17) is 5.73 Å². The van der Waals surface area contributed by atoms with E-state index in [1.54, 1.807) is 24.3 Å². The Balaban J connectivity index is 2.54. The molecule has 2 N–H and O–H groups in total. The molecule has 0 saturated heterocycles. The van der Waals surface area contributed by atoms with Crippen molar-refractivity contribution in [2.24, 2.45) is 0 Å². The van der Waals surface area contributed by atoms with Crippen LogP contribution in [-0.4, -0.2) is 6.16 Å². The van der Waals surface area contributed by atoms with Crippen molar-refractivity contribution in [2.45, 2.75) is 6.61 Å². The fourth-order valence-electron chi connectivity index (χ4n) is 0.825. The number of ether oxygens (including phenoxy) is 1. The highest BCUT2D eigenvalue weighted by Crippen LogP contribution is 2.11. The third-order valence-electron chi connectivity index (χ3n) is 1.46. The van der Waals surface area contributed by atoms with Gasteiger partial charge in [0, 0.05) is 15.8 Å². The van der Waals surface area contributed by atoms with Crippen LogP contribution in [0.25, 0.3) is 0 Å². The normalized spacial score (nSPS) is 9.31. The molecule has 0 aliphatic carbocycles. The van der Waals surface area contributed by atoms with Crippen LogP contribution in [0.1, 0.15) is 5.56 Å². The standard InChI is InChI=1S/C8H8FNO3/c9-13-8(11)12-5-6-3-1-2-4-7(6)10/h1-4H,5,10H2. The SMILES string of the molecule is Nc1ccccc1COC(=O)OF. The zero-order valence-corrected chi connectivity index (χ0v) is 6.70. The summed E-state index contributed by atoms with van der Waals surface area (Å²) in [4.78, 5) is 13.0. The Morgan fingerprint density at radius 1 is 1.46 bits per heavy atom. The quantitative estimate of drug-likeness (QED) is 0.563. The Morgan fingerprint density at radius 3 is 2.77 bits per heavy atom. The average Bonchev–Trinajstić information content (AvgIpc) is 2.16. The Bertz CT molecular complexity index is 303. The second-order valence-electron chi connectivity index (χ2n) is 2.31. The smallest absolute Gasteiger partial charge is 0.427 e. The van der Waals surface area contributed by atoms with E-state index in [0.717, 1.165) is 0 Å². The molecule has 0 spiro atoms. The predicted molar refractivity (Wildman–Crippen MR) is 43.2 cm³/mol. The number of benzene rings is 1. The maximum absolute atomic E-state index is 11.2. The van der Waals surface area contributed by atoms with Crippen molar-refractivity contribution in [3.63, 3.8) is 0 Å². The number of hydrogen-bond donors (Lipinski definition) is 1. The third kappa shape index (κ3) is 2.62. The zero-order valence-electron chi connectivity index (χ0n) is 6.70. The molecular weight excluding hydrogens is 177 g/mol. The van der Waals surface area contributed by atoms with Crippen LogP contribution in [0.3, 0.4) is 0 Å². The zero-order chi connectivity index (χ0) is 9.68. The Labute approximate surface area is 74.0 Å². The summed E-state index contributed by atoms with van der Waals surface area (Å²) in [6.07, 6.45) is -1.37. The Kier molecular flexibility index (Phi) is 3.08. The van der Waals surface area contributed by atoms with Crippen LogP contribution in [0.4, 0.5) is 15.0 Å². The van der Waals surface area contributed by atoms with Gasteiger partial charge in [-0.2, -0.15) is 0 Å². The van der Waals surface area contributed by atoms with Crippen molar-refractivity contribution in [3.05, 3.63) is 29.8 Å².